The lowest BCUT2D eigenvalue weighted by Gasteiger charge is -2.13. The molecular formula is C47H36O5S. The fourth-order valence-electron chi connectivity index (χ4n) is 5.81. The van der Waals surface area contributed by atoms with Gasteiger partial charge < -0.3 is 19.3 Å². The Kier molecular flexibility index (Phi) is 11.3. The van der Waals surface area contributed by atoms with Crippen molar-refractivity contribution in [1.29, 1.82) is 0 Å². The molecule has 0 unspecified atom stereocenters. The predicted octanol–water partition coefficient (Wildman–Crippen LogP) is 12.3. The lowest BCUT2D eigenvalue weighted by Crippen LogP contribution is -2.09. The van der Waals surface area contributed by atoms with Gasteiger partial charge in [0, 0.05) is 10.6 Å². The molecule has 0 bridgehead atoms. The van der Waals surface area contributed by atoms with Crippen LogP contribution < -0.4 is 14.2 Å². The van der Waals surface area contributed by atoms with Crippen LogP contribution in [0.2, 0.25) is 0 Å². The van der Waals surface area contributed by atoms with Crippen molar-refractivity contribution in [3.8, 4) is 51.0 Å². The normalized spacial score (nSPS) is 10.6. The molecule has 0 aliphatic carbocycles. The number of aliphatic carboxylic acids is 1. The largest absolute Gasteiger partial charge is 0.482 e. The van der Waals surface area contributed by atoms with Crippen LogP contribution in [-0.4, -0.2) is 23.4 Å². The van der Waals surface area contributed by atoms with E-state index in [9.17, 15) is 4.79 Å². The van der Waals surface area contributed by atoms with E-state index in [-0.39, 0.29) is 6.61 Å². The molecule has 6 heteroatoms. The lowest BCUT2D eigenvalue weighted by molar-refractivity contribution is -0.139. The van der Waals surface area contributed by atoms with Crippen molar-refractivity contribution in [2.24, 2.45) is 0 Å². The summed E-state index contributed by atoms with van der Waals surface area (Å²) in [6.07, 6.45) is 2.26. The minimum absolute atomic E-state index is 0.365. The van der Waals surface area contributed by atoms with Crippen LogP contribution in [0.15, 0.2) is 193 Å². The average molecular weight is 713 g/mol. The Morgan fingerprint density at radius 2 is 0.962 bits per heavy atom. The van der Waals surface area contributed by atoms with Crippen LogP contribution in [0.1, 0.15) is 11.1 Å². The molecule has 7 aromatic rings. The van der Waals surface area contributed by atoms with E-state index in [2.05, 4.69) is 78.9 Å². The molecule has 0 atom stereocenters. The van der Waals surface area contributed by atoms with Crippen molar-refractivity contribution in [3.05, 3.63) is 199 Å². The summed E-state index contributed by atoms with van der Waals surface area (Å²) in [4.78, 5) is 11.9. The first-order valence-corrected chi connectivity index (χ1v) is 18.2. The maximum Gasteiger partial charge on any atom is 0.341 e. The molecule has 53 heavy (non-hydrogen) atoms. The van der Waals surface area contributed by atoms with Gasteiger partial charge in [-0.1, -0.05) is 115 Å². The molecule has 0 aromatic heterocycles. The van der Waals surface area contributed by atoms with Crippen LogP contribution in [0.25, 0.3) is 27.8 Å². The number of rotatable bonds is 14. The van der Waals surface area contributed by atoms with E-state index in [0.29, 0.717) is 5.75 Å². The second-order valence-corrected chi connectivity index (χ2v) is 13.2. The van der Waals surface area contributed by atoms with Crippen LogP contribution in [0.4, 0.5) is 0 Å². The van der Waals surface area contributed by atoms with Gasteiger partial charge in [0.25, 0.3) is 0 Å². The summed E-state index contributed by atoms with van der Waals surface area (Å²) in [6.45, 7) is -0.365. The quantitative estimate of drug-likeness (QED) is 0.113. The topological polar surface area (TPSA) is 65.0 Å². The molecule has 0 amide bonds. The number of carboxylic acids is 1. The maximum atomic E-state index is 10.9. The van der Waals surface area contributed by atoms with E-state index in [4.69, 9.17) is 19.3 Å². The fraction of sp³-hybridized carbons (Fsp3) is 0.0426. The molecule has 7 aromatic carbocycles. The second-order valence-electron chi connectivity index (χ2n) is 12.1. The number of hydrogen-bond acceptors (Lipinski definition) is 5. The van der Waals surface area contributed by atoms with Gasteiger partial charge in [0.2, 0.25) is 0 Å². The third-order valence-electron chi connectivity index (χ3n) is 8.41. The van der Waals surface area contributed by atoms with Crippen molar-refractivity contribution in [1.82, 2.24) is 0 Å². The SMILES string of the molecule is O=C(O)COc1ccc(SCC=C(c2ccc(-c3cccc(Oc4ccccc4)c3)cc2)c2ccc(-c3cccc(Oc4ccccc4)c3)cc2)cc1. The number of carboxylic acid groups (broad SMARTS) is 1. The fourth-order valence-corrected chi connectivity index (χ4v) is 6.58. The first-order chi connectivity index (χ1) is 26.1. The van der Waals surface area contributed by atoms with Crippen LogP contribution in [-0.2, 0) is 4.79 Å². The first-order valence-electron chi connectivity index (χ1n) is 17.2. The highest BCUT2D eigenvalue weighted by molar-refractivity contribution is 7.99. The zero-order valence-electron chi connectivity index (χ0n) is 28.8. The Balaban J connectivity index is 1.12. The molecule has 5 nitrogen and oxygen atoms in total. The number of hydrogen-bond donors (Lipinski definition) is 1. The number of ether oxygens (including phenoxy) is 3. The van der Waals surface area contributed by atoms with Crippen LogP contribution in [0.5, 0.6) is 28.7 Å². The molecule has 0 aliphatic heterocycles. The third-order valence-corrected chi connectivity index (χ3v) is 9.35. The molecule has 7 rings (SSSR count). The van der Waals surface area contributed by atoms with Crippen molar-refractivity contribution in [2.75, 3.05) is 12.4 Å². The van der Waals surface area contributed by atoms with Gasteiger partial charge in [0.1, 0.15) is 28.7 Å². The van der Waals surface area contributed by atoms with Gasteiger partial charge in [0.05, 0.1) is 0 Å². The third kappa shape index (κ3) is 9.64. The van der Waals surface area contributed by atoms with E-state index in [1.54, 1.807) is 23.9 Å². The maximum absolute atomic E-state index is 10.9. The van der Waals surface area contributed by atoms with Gasteiger partial charge in [-0.25, -0.2) is 4.79 Å². The minimum Gasteiger partial charge on any atom is -0.482 e. The monoisotopic (exact) mass is 712 g/mol. The molecule has 0 aliphatic rings. The highest BCUT2D eigenvalue weighted by Crippen LogP contribution is 2.33. The van der Waals surface area contributed by atoms with Gasteiger partial charge >= 0.3 is 5.97 Å². The molecular weight excluding hydrogens is 677 g/mol. The van der Waals surface area contributed by atoms with Crippen molar-refractivity contribution in [2.45, 2.75) is 4.90 Å². The molecule has 0 saturated heterocycles. The summed E-state index contributed by atoms with van der Waals surface area (Å²) in [5.74, 6) is 3.43. The Hall–Kier alpha value is -6.50. The molecule has 260 valence electrons. The Labute approximate surface area is 313 Å². The summed E-state index contributed by atoms with van der Waals surface area (Å²) in [5.41, 5.74) is 7.68. The molecule has 1 N–H and O–H groups in total. The number of para-hydroxylation sites is 2. The van der Waals surface area contributed by atoms with Gasteiger partial charge in [-0.05, 0) is 112 Å². The van der Waals surface area contributed by atoms with E-state index >= 15 is 0 Å². The van der Waals surface area contributed by atoms with Crippen molar-refractivity contribution < 1.29 is 24.1 Å². The summed E-state index contributed by atoms with van der Waals surface area (Å²) in [5, 5.41) is 8.91. The van der Waals surface area contributed by atoms with Crippen LogP contribution >= 0.6 is 11.8 Å². The van der Waals surface area contributed by atoms with Gasteiger partial charge in [0.15, 0.2) is 6.61 Å². The predicted molar refractivity (Wildman–Crippen MR) is 214 cm³/mol. The average Bonchev–Trinajstić information content (AvgIpc) is 3.20. The summed E-state index contributed by atoms with van der Waals surface area (Å²) in [6, 6.07) is 60.7. The molecule has 0 spiro atoms. The highest BCUT2D eigenvalue weighted by atomic mass is 32.2. The molecule has 0 fully saturated rings. The number of carbonyl (C=O) groups is 1. The number of benzene rings is 7. The van der Waals surface area contributed by atoms with Crippen LogP contribution in [0, 0.1) is 0 Å². The Morgan fingerprint density at radius 1 is 0.491 bits per heavy atom. The summed E-state index contributed by atoms with van der Waals surface area (Å²) in [7, 11) is 0. The van der Waals surface area contributed by atoms with E-state index in [1.165, 1.54) is 0 Å². The molecule has 0 saturated carbocycles. The van der Waals surface area contributed by atoms with Gasteiger partial charge in [-0.2, -0.15) is 0 Å². The zero-order valence-corrected chi connectivity index (χ0v) is 29.6. The highest BCUT2D eigenvalue weighted by Gasteiger charge is 2.10. The lowest BCUT2D eigenvalue weighted by atomic mass is 9.94. The summed E-state index contributed by atoms with van der Waals surface area (Å²) >= 11 is 1.70. The Bertz CT molecular complexity index is 2150. The van der Waals surface area contributed by atoms with E-state index < -0.39 is 5.97 Å². The first kappa shape index (κ1) is 34.9. The van der Waals surface area contributed by atoms with Crippen LogP contribution in [0.3, 0.4) is 0 Å². The smallest absolute Gasteiger partial charge is 0.341 e. The van der Waals surface area contributed by atoms with E-state index in [1.807, 2.05) is 97.1 Å². The van der Waals surface area contributed by atoms with Gasteiger partial charge in [-0.3, -0.25) is 0 Å². The van der Waals surface area contributed by atoms with E-state index in [0.717, 1.165) is 72.6 Å². The summed E-state index contributed by atoms with van der Waals surface area (Å²) < 4.78 is 17.5. The van der Waals surface area contributed by atoms with Gasteiger partial charge in [-0.15, -0.1) is 11.8 Å². The minimum atomic E-state index is -1.00. The number of thioether (sulfide) groups is 1. The standard InChI is InChI=1S/C47H36O5S/c48-47(49)33-50-40-25-27-45(28-26-40)53-30-29-46(36-21-17-34(18-22-36)38-9-7-15-43(31-38)51-41-11-3-1-4-12-41)37-23-19-35(20-24-37)39-10-8-16-44(32-39)52-42-13-5-2-6-14-42/h1-29,31-32H,30,33H2,(H,48,49). The van der Waals surface area contributed by atoms with Crippen molar-refractivity contribution in [3.63, 3.8) is 0 Å². The zero-order chi connectivity index (χ0) is 36.2. The second kappa shape index (κ2) is 17.1. The Morgan fingerprint density at radius 3 is 1.43 bits per heavy atom. The molecule has 0 radical (unpaired) electrons. The molecule has 0 heterocycles. The van der Waals surface area contributed by atoms with Crippen molar-refractivity contribution >= 4 is 23.3 Å².